The molecule has 102 valence electrons. The Labute approximate surface area is 114 Å². The average molecular weight is 261 g/mol. The third-order valence-corrected chi connectivity index (χ3v) is 2.83. The van der Waals surface area contributed by atoms with Gasteiger partial charge in [-0.2, -0.15) is 0 Å². The minimum absolute atomic E-state index is 0.0198. The van der Waals surface area contributed by atoms with Gasteiger partial charge < -0.3 is 14.7 Å². The van der Waals surface area contributed by atoms with E-state index in [9.17, 15) is 4.79 Å². The van der Waals surface area contributed by atoms with Crippen molar-refractivity contribution in [3.63, 3.8) is 0 Å². The Morgan fingerprint density at radius 2 is 2.05 bits per heavy atom. The fourth-order valence-electron chi connectivity index (χ4n) is 1.59. The molecule has 1 N–H and O–H groups in total. The van der Waals surface area contributed by atoms with E-state index in [0.717, 1.165) is 5.56 Å². The molecule has 0 radical (unpaired) electrons. The summed E-state index contributed by atoms with van der Waals surface area (Å²) in [6, 6.07) is 7.03. The van der Waals surface area contributed by atoms with Gasteiger partial charge in [-0.05, 0) is 31.2 Å². The minimum atomic E-state index is -0.169. The molecule has 0 aromatic heterocycles. The number of aliphatic hydroxyl groups is 1. The van der Waals surface area contributed by atoms with Gasteiger partial charge in [0.05, 0.1) is 12.6 Å². The molecule has 0 saturated heterocycles. The third-order valence-electron chi connectivity index (χ3n) is 2.83. The van der Waals surface area contributed by atoms with Crippen molar-refractivity contribution < 1.29 is 14.6 Å². The average Bonchev–Trinajstić information content (AvgIpc) is 2.44. The number of amides is 1. The van der Waals surface area contributed by atoms with Crippen LogP contribution in [0.1, 0.15) is 22.8 Å². The van der Waals surface area contributed by atoms with Gasteiger partial charge in [0.2, 0.25) is 0 Å². The molecule has 4 nitrogen and oxygen atoms in total. The summed E-state index contributed by atoms with van der Waals surface area (Å²) in [7, 11) is 3.37. The number of hydrogen-bond acceptors (Lipinski definition) is 3. The highest BCUT2D eigenvalue weighted by atomic mass is 16.5. The van der Waals surface area contributed by atoms with Crippen molar-refractivity contribution in [1.82, 2.24) is 4.90 Å². The number of aliphatic hydroxyl groups excluding tert-OH is 1. The number of carbonyl (C=O) groups is 1. The third kappa shape index (κ3) is 4.40. The Hall–Kier alpha value is -1.83. The molecule has 0 heterocycles. The second-order valence-corrected chi connectivity index (χ2v) is 4.26. The summed E-state index contributed by atoms with van der Waals surface area (Å²) in [5.41, 5.74) is 1.39. The van der Waals surface area contributed by atoms with Gasteiger partial charge in [-0.1, -0.05) is 11.8 Å². The molecule has 0 aliphatic heterocycles. The normalized spacial score (nSPS) is 11.4. The Morgan fingerprint density at radius 3 is 2.58 bits per heavy atom. The largest absolute Gasteiger partial charge is 0.384 e. The van der Waals surface area contributed by atoms with Crippen molar-refractivity contribution in [2.24, 2.45) is 0 Å². The molecule has 19 heavy (non-hydrogen) atoms. The first-order valence-corrected chi connectivity index (χ1v) is 6.06. The van der Waals surface area contributed by atoms with Crippen LogP contribution in [-0.4, -0.2) is 49.3 Å². The number of carbonyl (C=O) groups excluding carboxylic acids is 1. The fraction of sp³-hybridized carbons (Fsp3) is 0.400. The second-order valence-electron chi connectivity index (χ2n) is 4.26. The standard InChI is InChI=1S/C15H19NO3/c1-12(11-19-3)16(2)15(18)14-8-6-13(7-9-14)5-4-10-17/h6-9,12,17H,10-11H2,1-3H3. The van der Waals surface area contributed by atoms with Crippen LogP contribution < -0.4 is 0 Å². The zero-order valence-electron chi connectivity index (χ0n) is 11.5. The van der Waals surface area contributed by atoms with Gasteiger partial charge in [-0.15, -0.1) is 0 Å². The monoisotopic (exact) mass is 261 g/mol. The maximum atomic E-state index is 12.2. The molecule has 1 rings (SSSR count). The molecule has 1 unspecified atom stereocenters. The Morgan fingerprint density at radius 1 is 1.42 bits per heavy atom. The summed E-state index contributed by atoms with van der Waals surface area (Å²) in [6.07, 6.45) is 0. The topological polar surface area (TPSA) is 49.8 Å². The maximum absolute atomic E-state index is 12.2. The first kappa shape index (κ1) is 15.2. The summed E-state index contributed by atoms with van der Waals surface area (Å²) >= 11 is 0. The van der Waals surface area contributed by atoms with E-state index in [1.807, 2.05) is 6.92 Å². The van der Waals surface area contributed by atoms with Crippen molar-refractivity contribution in [3.05, 3.63) is 35.4 Å². The highest BCUT2D eigenvalue weighted by Gasteiger charge is 2.16. The van der Waals surface area contributed by atoms with E-state index in [4.69, 9.17) is 9.84 Å². The van der Waals surface area contributed by atoms with Gasteiger partial charge in [0.15, 0.2) is 0 Å². The molecule has 0 aliphatic rings. The quantitative estimate of drug-likeness (QED) is 0.827. The van der Waals surface area contributed by atoms with E-state index >= 15 is 0 Å². The maximum Gasteiger partial charge on any atom is 0.253 e. The lowest BCUT2D eigenvalue weighted by molar-refractivity contribution is 0.0633. The molecule has 0 bridgehead atoms. The number of likely N-dealkylation sites (N-methyl/N-ethyl adjacent to an activating group) is 1. The predicted molar refractivity (Wildman–Crippen MR) is 73.8 cm³/mol. The van der Waals surface area contributed by atoms with Crippen LogP contribution in [-0.2, 0) is 4.74 Å². The molecule has 1 aromatic carbocycles. The minimum Gasteiger partial charge on any atom is -0.384 e. The zero-order valence-corrected chi connectivity index (χ0v) is 11.5. The van der Waals surface area contributed by atoms with Gasteiger partial charge in [-0.25, -0.2) is 0 Å². The van der Waals surface area contributed by atoms with Crippen LogP contribution in [0.3, 0.4) is 0 Å². The smallest absolute Gasteiger partial charge is 0.253 e. The molecular formula is C15H19NO3. The number of ether oxygens (including phenoxy) is 1. The van der Waals surface area contributed by atoms with Crippen LogP contribution >= 0.6 is 0 Å². The molecule has 0 aliphatic carbocycles. The van der Waals surface area contributed by atoms with Gasteiger partial charge in [0, 0.05) is 25.3 Å². The van der Waals surface area contributed by atoms with Crippen molar-refractivity contribution in [3.8, 4) is 11.8 Å². The fourth-order valence-corrected chi connectivity index (χ4v) is 1.59. The first-order chi connectivity index (χ1) is 9.10. The number of hydrogen-bond donors (Lipinski definition) is 1. The summed E-state index contributed by atoms with van der Waals surface area (Å²) in [6.45, 7) is 2.27. The van der Waals surface area contributed by atoms with E-state index in [1.54, 1.807) is 43.3 Å². The summed E-state index contributed by atoms with van der Waals surface area (Å²) in [5.74, 6) is 5.30. The number of methoxy groups -OCH3 is 1. The van der Waals surface area contributed by atoms with Crippen molar-refractivity contribution in [1.29, 1.82) is 0 Å². The summed E-state index contributed by atoms with van der Waals surface area (Å²) < 4.78 is 5.04. The van der Waals surface area contributed by atoms with Gasteiger partial charge in [0.25, 0.3) is 5.91 Å². The number of benzene rings is 1. The van der Waals surface area contributed by atoms with Crippen LogP contribution in [0.25, 0.3) is 0 Å². The van der Waals surface area contributed by atoms with Crippen LogP contribution in [0.4, 0.5) is 0 Å². The molecule has 0 fully saturated rings. The Bertz CT molecular complexity index is 470. The van der Waals surface area contributed by atoms with Gasteiger partial charge in [-0.3, -0.25) is 4.79 Å². The summed E-state index contributed by atoms with van der Waals surface area (Å²) in [5, 5.41) is 8.61. The zero-order chi connectivity index (χ0) is 14.3. The van der Waals surface area contributed by atoms with Crippen molar-refractivity contribution in [2.45, 2.75) is 13.0 Å². The van der Waals surface area contributed by atoms with Crippen molar-refractivity contribution >= 4 is 5.91 Å². The predicted octanol–water partition coefficient (Wildman–Crippen LogP) is 1.14. The van der Waals surface area contributed by atoms with Crippen molar-refractivity contribution in [2.75, 3.05) is 27.4 Å². The summed E-state index contributed by atoms with van der Waals surface area (Å²) in [4.78, 5) is 13.8. The molecule has 0 saturated carbocycles. The Kier molecular flexibility index (Phi) is 6.07. The second kappa shape index (κ2) is 7.57. The van der Waals surface area contributed by atoms with E-state index in [2.05, 4.69) is 11.8 Å². The molecule has 4 heteroatoms. The lowest BCUT2D eigenvalue weighted by atomic mass is 10.1. The van der Waals surface area contributed by atoms with Crippen LogP contribution in [0.5, 0.6) is 0 Å². The van der Waals surface area contributed by atoms with E-state index in [-0.39, 0.29) is 18.6 Å². The highest BCUT2D eigenvalue weighted by molar-refractivity contribution is 5.94. The van der Waals surface area contributed by atoms with E-state index in [1.165, 1.54) is 0 Å². The molecule has 0 spiro atoms. The number of nitrogens with zero attached hydrogens (tertiary/aromatic N) is 1. The van der Waals surface area contributed by atoms with Crippen LogP contribution in [0, 0.1) is 11.8 Å². The molecular weight excluding hydrogens is 242 g/mol. The first-order valence-electron chi connectivity index (χ1n) is 6.06. The van der Waals surface area contributed by atoms with E-state index < -0.39 is 0 Å². The Balaban J connectivity index is 2.77. The lowest BCUT2D eigenvalue weighted by Gasteiger charge is -2.24. The molecule has 1 amide bonds. The molecule has 1 atom stereocenters. The van der Waals surface area contributed by atoms with E-state index in [0.29, 0.717) is 12.2 Å². The van der Waals surface area contributed by atoms with Gasteiger partial charge >= 0.3 is 0 Å². The van der Waals surface area contributed by atoms with Crippen LogP contribution in [0.15, 0.2) is 24.3 Å². The van der Waals surface area contributed by atoms with Crippen LogP contribution in [0.2, 0.25) is 0 Å². The molecule has 1 aromatic rings. The lowest BCUT2D eigenvalue weighted by Crippen LogP contribution is -2.37. The SMILES string of the molecule is COCC(C)N(C)C(=O)c1ccc(C#CCO)cc1. The van der Waals surface area contributed by atoms with Gasteiger partial charge in [0.1, 0.15) is 6.61 Å². The number of rotatable bonds is 4. The highest BCUT2D eigenvalue weighted by Crippen LogP contribution is 2.08.